The van der Waals surface area contributed by atoms with Crippen LogP contribution in [0.25, 0.3) is 0 Å². The molecule has 1 aromatic rings. The predicted molar refractivity (Wildman–Crippen MR) is 78.4 cm³/mol. The van der Waals surface area contributed by atoms with Gasteiger partial charge in [0.2, 0.25) is 5.91 Å². The molecule has 1 amide bonds. The molecule has 19 heavy (non-hydrogen) atoms. The Kier molecular flexibility index (Phi) is 3.09. The Labute approximate surface area is 114 Å². The second kappa shape index (κ2) is 4.76. The van der Waals surface area contributed by atoms with Crippen molar-refractivity contribution in [3.05, 3.63) is 17.7 Å². The Morgan fingerprint density at radius 1 is 1.47 bits per heavy atom. The van der Waals surface area contributed by atoms with Crippen molar-refractivity contribution in [3.63, 3.8) is 0 Å². The van der Waals surface area contributed by atoms with Crippen molar-refractivity contribution < 1.29 is 4.79 Å². The van der Waals surface area contributed by atoms with Gasteiger partial charge in [-0.15, -0.1) is 0 Å². The van der Waals surface area contributed by atoms with Crippen LogP contribution >= 0.6 is 0 Å². The van der Waals surface area contributed by atoms with E-state index >= 15 is 0 Å². The van der Waals surface area contributed by atoms with Gasteiger partial charge in [0.25, 0.3) is 0 Å². The van der Waals surface area contributed by atoms with E-state index in [0.717, 1.165) is 41.6 Å². The largest absolute Gasteiger partial charge is 0.397 e. The van der Waals surface area contributed by atoms with Crippen LogP contribution in [0.3, 0.4) is 0 Å². The van der Waals surface area contributed by atoms with E-state index in [9.17, 15) is 4.79 Å². The van der Waals surface area contributed by atoms with Crippen LogP contribution in [0, 0.1) is 5.92 Å². The number of hydrogen-bond acceptors (Lipinski definition) is 3. The van der Waals surface area contributed by atoms with Crippen molar-refractivity contribution in [2.24, 2.45) is 5.92 Å². The zero-order chi connectivity index (χ0) is 13.4. The molecule has 4 heteroatoms. The molecule has 0 saturated carbocycles. The lowest BCUT2D eigenvalue weighted by Crippen LogP contribution is -2.21. The van der Waals surface area contributed by atoms with Gasteiger partial charge in [-0.05, 0) is 36.5 Å². The summed E-state index contributed by atoms with van der Waals surface area (Å²) in [6, 6.07) is 4.00. The summed E-state index contributed by atoms with van der Waals surface area (Å²) in [6.45, 7) is 4.40. The fourth-order valence-corrected chi connectivity index (χ4v) is 3.25. The van der Waals surface area contributed by atoms with Crippen LogP contribution in [0.5, 0.6) is 0 Å². The van der Waals surface area contributed by atoms with Gasteiger partial charge in [0, 0.05) is 18.8 Å². The molecule has 102 valence electrons. The summed E-state index contributed by atoms with van der Waals surface area (Å²) in [5.74, 6) is 0.851. The highest BCUT2D eigenvalue weighted by Gasteiger charge is 2.26. The molecule has 0 spiro atoms. The fraction of sp³-hybridized carbons (Fsp3) is 0.533. The van der Waals surface area contributed by atoms with E-state index < -0.39 is 0 Å². The molecular formula is C15H21N3O. The number of rotatable bonds is 3. The summed E-state index contributed by atoms with van der Waals surface area (Å²) >= 11 is 0. The van der Waals surface area contributed by atoms with Gasteiger partial charge in [-0.1, -0.05) is 13.3 Å². The molecule has 2 heterocycles. The lowest BCUT2D eigenvalue weighted by atomic mass is 10.0. The van der Waals surface area contributed by atoms with Crippen molar-refractivity contribution in [1.29, 1.82) is 0 Å². The third kappa shape index (κ3) is 2.27. The maximum Gasteiger partial charge on any atom is 0.228 e. The van der Waals surface area contributed by atoms with E-state index in [2.05, 4.69) is 17.1 Å². The molecule has 2 aliphatic rings. The highest BCUT2D eigenvalue weighted by molar-refractivity contribution is 6.00. The van der Waals surface area contributed by atoms with Gasteiger partial charge in [0.15, 0.2) is 0 Å². The Morgan fingerprint density at radius 2 is 2.32 bits per heavy atom. The lowest BCUT2D eigenvalue weighted by molar-refractivity contribution is -0.115. The predicted octanol–water partition coefficient (Wildman–Crippen LogP) is 2.39. The van der Waals surface area contributed by atoms with E-state index in [1.54, 1.807) is 0 Å². The summed E-state index contributed by atoms with van der Waals surface area (Å²) in [5, 5.41) is 2.90. The summed E-state index contributed by atoms with van der Waals surface area (Å²) in [7, 11) is 0. The maximum atomic E-state index is 11.4. The van der Waals surface area contributed by atoms with Crippen molar-refractivity contribution in [2.75, 3.05) is 29.0 Å². The van der Waals surface area contributed by atoms with E-state index in [4.69, 9.17) is 5.73 Å². The second-order valence-electron chi connectivity index (χ2n) is 5.68. The molecule has 0 aromatic heterocycles. The second-order valence-corrected chi connectivity index (χ2v) is 5.68. The zero-order valence-corrected chi connectivity index (χ0v) is 11.4. The molecule has 0 radical (unpaired) electrons. The van der Waals surface area contributed by atoms with Crippen LogP contribution in [-0.4, -0.2) is 19.0 Å². The normalized spacial score (nSPS) is 21.6. The van der Waals surface area contributed by atoms with Crippen molar-refractivity contribution in [2.45, 2.75) is 32.6 Å². The average molecular weight is 259 g/mol. The number of hydrogen-bond donors (Lipinski definition) is 2. The molecule has 0 bridgehead atoms. The minimum Gasteiger partial charge on any atom is -0.397 e. The third-order valence-electron chi connectivity index (χ3n) is 4.20. The van der Waals surface area contributed by atoms with Gasteiger partial charge < -0.3 is 16.0 Å². The van der Waals surface area contributed by atoms with Crippen LogP contribution in [0.15, 0.2) is 12.1 Å². The standard InChI is InChI=1S/C15H21N3O/c1-2-3-10-4-5-18(9-10)14-8-13-11(6-12(14)16)7-15(19)17-13/h6,8,10H,2-5,7,9,16H2,1H3,(H,17,19). The number of amides is 1. The van der Waals surface area contributed by atoms with Gasteiger partial charge >= 0.3 is 0 Å². The quantitative estimate of drug-likeness (QED) is 0.819. The Bertz CT molecular complexity index is 512. The average Bonchev–Trinajstić information content (AvgIpc) is 2.94. The SMILES string of the molecule is CCCC1CCN(c2cc3c(cc2N)CC(=O)N3)C1. The van der Waals surface area contributed by atoms with Gasteiger partial charge in [0.05, 0.1) is 17.8 Å². The molecular weight excluding hydrogens is 238 g/mol. The number of nitrogens with zero attached hydrogens (tertiary/aromatic N) is 1. The first-order chi connectivity index (χ1) is 9.17. The van der Waals surface area contributed by atoms with Crippen LogP contribution in [-0.2, 0) is 11.2 Å². The number of carbonyl (C=O) groups is 1. The zero-order valence-electron chi connectivity index (χ0n) is 11.4. The molecule has 1 aromatic carbocycles. The summed E-state index contributed by atoms with van der Waals surface area (Å²) < 4.78 is 0. The molecule has 3 rings (SSSR count). The van der Waals surface area contributed by atoms with Crippen molar-refractivity contribution >= 4 is 23.0 Å². The van der Waals surface area contributed by atoms with E-state index in [0.29, 0.717) is 6.42 Å². The number of nitrogens with two attached hydrogens (primary N) is 1. The number of nitrogen functional groups attached to an aromatic ring is 1. The number of carbonyl (C=O) groups excluding carboxylic acids is 1. The third-order valence-corrected chi connectivity index (χ3v) is 4.20. The van der Waals surface area contributed by atoms with Gasteiger partial charge in [-0.2, -0.15) is 0 Å². The summed E-state index contributed by atoms with van der Waals surface area (Å²) in [6.07, 6.45) is 4.24. The van der Waals surface area contributed by atoms with Gasteiger partial charge in [0.1, 0.15) is 0 Å². The monoisotopic (exact) mass is 259 g/mol. The minimum absolute atomic E-state index is 0.0665. The molecule has 1 unspecified atom stereocenters. The van der Waals surface area contributed by atoms with Crippen LogP contribution in [0.1, 0.15) is 31.7 Å². The fourth-order valence-electron chi connectivity index (χ4n) is 3.25. The minimum atomic E-state index is 0.0665. The van der Waals surface area contributed by atoms with E-state index in [1.807, 2.05) is 12.1 Å². The van der Waals surface area contributed by atoms with Crippen molar-refractivity contribution in [3.8, 4) is 0 Å². The smallest absolute Gasteiger partial charge is 0.228 e. The highest BCUT2D eigenvalue weighted by Crippen LogP contribution is 2.36. The Balaban J connectivity index is 1.82. The van der Waals surface area contributed by atoms with Crippen LogP contribution in [0.4, 0.5) is 17.1 Å². The Morgan fingerprint density at radius 3 is 3.11 bits per heavy atom. The lowest BCUT2D eigenvalue weighted by Gasteiger charge is -2.21. The topological polar surface area (TPSA) is 58.4 Å². The molecule has 1 saturated heterocycles. The van der Waals surface area contributed by atoms with Gasteiger partial charge in [-0.25, -0.2) is 0 Å². The van der Waals surface area contributed by atoms with E-state index in [-0.39, 0.29) is 5.91 Å². The first-order valence-electron chi connectivity index (χ1n) is 7.14. The molecule has 1 fully saturated rings. The number of nitrogens with one attached hydrogen (secondary N) is 1. The number of anilines is 3. The molecule has 3 N–H and O–H groups in total. The van der Waals surface area contributed by atoms with Crippen LogP contribution < -0.4 is 16.0 Å². The molecule has 2 aliphatic heterocycles. The highest BCUT2D eigenvalue weighted by atomic mass is 16.1. The Hall–Kier alpha value is -1.71. The summed E-state index contributed by atoms with van der Waals surface area (Å²) in [5.41, 5.74) is 10.0. The first kappa shape index (κ1) is 12.3. The number of benzene rings is 1. The first-order valence-corrected chi connectivity index (χ1v) is 7.14. The molecule has 0 aliphatic carbocycles. The van der Waals surface area contributed by atoms with Crippen LogP contribution in [0.2, 0.25) is 0 Å². The van der Waals surface area contributed by atoms with Crippen molar-refractivity contribution in [1.82, 2.24) is 0 Å². The van der Waals surface area contributed by atoms with Gasteiger partial charge in [-0.3, -0.25) is 4.79 Å². The molecule has 4 nitrogen and oxygen atoms in total. The molecule has 1 atom stereocenters. The maximum absolute atomic E-state index is 11.4. The van der Waals surface area contributed by atoms with E-state index in [1.165, 1.54) is 19.3 Å². The number of fused-ring (bicyclic) bond motifs is 1. The summed E-state index contributed by atoms with van der Waals surface area (Å²) in [4.78, 5) is 13.8.